The molecule has 0 saturated carbocycles. The molecule has 35 heavy (non-hydrogen) atoms. The molecule has 0 aliphatic rings. The second kappa shape index (κ2) is 10.7. The van der Waals surface area contributed by atoms with Crippen LogP contribution in [0.1, 0.15) is 16.1 Å². The summed E-state index contributed by atoms with van der Waals surface area (Å²) < 4.78 is 20.0. The zero-order chi connectivity index (χ0) is 24.9. The van der Waals surface area contributed by atoms with Crippen LogP contribution in [0.5, 0.6) is 0 Å². The van der Waals surface area contributed by atoms with E-state index >= 15 is 0 Å². The minimum atomic E-state index is -0.627. The molecule has 0 saturated heterocycles. The normalized spacial score (nSPS) is 10.6. The number of rotatable bonds is 6. The smallest absolute Gasteiger partial charge is 0.338 e. The first-order valence-corrected chi connectivity index (χ1v) is 11.1. The van der Waals surface area contributed by atoms with Crippen LogP contribution >= 0.6 is 34.8 Å². The van der Waals surface area contributed by atoms with E-state index in [1.54, 1.807) is 30.3 Å². The molecule has 2 amide bonds. The SMILES string of the molecule is O=C(Nc1cccc(C(=O)OCc2cn(-c3ccc(F)c(Cl)c3)nn2)c1)Nc1ccc(Cl)c(Cl)c1. The summed E-state index contributed by atoms with van der Waals surface area (Å²) in [6.07, 6.45) is 1.53. The number of amides is 2. The Balaban J connectivity index is 1.35. The predicted molar refractivity (Wildman–Crippen MR) is 131 cm³/mol. The Kier molecular flexibility index (Phi) is 7.50. The van der Waals surface area contributed by atoms with Gasteiger partial charge in [-0.1, -0.05) is 46.1 Å². The maximum absolute atomic E-state index is 13.3. The van der Waals surface area contributed by atoms with Crippen molar-refractivity contribution in [3.8, 4) is 5.69 Å². The van der Waals surface area contributed by atoms with Crippen molar-refractivity contribution in [2.24, 2.45) is 0 Å². The number of halogens is 4. The number of aromatic nitrogens is 3. The molecule has 12 heteroatoms. The van der Waals surface area contributed by atoms with Crippen LogP contribution < -0.4 is 10.6 Å². The summed E-state index contributed by atoms with van der Waals surface area (Å²) >= 11 is 17.6. The molecule has 0 radical (unpaired) electrons. The van der Waals surface area contributed by atoms with Gasteiger partial charge in [-0.3, -0.25) is 0 Å². The summed E-state index contributed by atoms with van der Waals surface area (Å²) in [6, 6.07) is 14.5. The molecular weight excluding hydrogens is 520 g/mol. The average molecular weight is 535 g/mol. The number of carbonyl (C=O) groups excluding carboxylic acids is 2. The zero-order valence-electron chi connectivity index (χ0n) is 17.6. The lowest BCUT2D eigenvalue weighted by Crippen LogP contribution is -2.19. The number of esters is 1. The summed E-state index contributed by atoms with van der Waals surface area (Å²) in [5, 5.41) is 13.7. The largest absolute Gasteiger partial charge is 0.455 e. The van der Waals surface area contributed by atoms with Gasteiger partial charge in [0.1, 0.15) is 18.1 Å². The Bertz CT molecular complexity index is 1410. The maximum atomic E-state index is 13.3. The van der Waals surface area contributed by atoms with Crippen molar-refractivity contribution < 1.29 is 18.7 Å². The van der Waals surface area contributed by atoms with Crippen LogP contribution in [0.25, 0.3) is 5.69 Å². The van der Waals surface area contributed by atoms with E-state index in [0.717, 1.165) is 0 Å². The molecule has 2 N–H and O–H groups in total. The molecule has 0 atom stereocenters. The van der Waals surface area contributed by atoms with E-state index in [9.17, 15) is 14.0 Å². The summed E-state index contributed by atoms with van der Waals surface area (Å²) in [5.41, 5.74) is 1.91. The van der Waals surface area contributed by atoms with Gasteiger partial charge in [-0.15, -0.1) is 5.10 Å². The zero-order valence-corrected chi connectivity index (χ0v) is 19.9. The third-order valence-corrected chi connectivity index (χ3v) is 5.62. The highest BCUT2D eigenvalue weighted by Gasteiger charge is 2.12. The molecule has 4 aromatic rings. The topological polar surface area (TPSA) is 98.1 Å². The van der Waals surface area contributed by atoms with Crippen LogP contribution in [0.2, 0.25) is 15.1 Å². The summed E-state index contributed by atoms with van der Waals surface area (Å²) in [5.74, 6) is -1.17. The van der Waals surface area contributed by atoms with Crippen molar-refractivity contribution in [3.63, 3.8) is 0 Å². The van der Waals surface area contributed by atoms with Gasteiger partial charge >= 0.3 is 12.0 Å². The van der Waals surface area contributed by atoms with Crippen molar-refractivity contribution in [1.82, 2.24) is 15.0 Å². The van der Waals surface area contributed by atoms with Gasteiger partial charge < -0.3 is 15.4 Å². The second-order valence-electron chi connectivity index (χ2n) is 7.12. The number of carbonyl (C=O) groups is 2. The van der Waals surface area contributed by atoms with Crippen molar-refractivity contribution >= 4 is 58.2 Å². The first kappa shape index (κ1) is 24.5. The second-order valence-corrected chi connectivity index (χ2v) is 8.34. The number of nitrogens with one attached hydrogen (secondary N) is 2. The van der Waals surface area contributed by atoms with Crippen LogP contribution in [0.3, 0.4) is 0 Å². The van der Waals surface area contributed by atoms with E-state index in [1.165, 1.54) is 41.2 Å². The average Bonchev–Trinajstić information content (AvgIpc) is 3.31. The van der Waals surface area contributed by atoms with Crippen LogP contribution in [-0.2, 0) is 11.3 Å². The quantitative estimate of drug-likeness (QED) is 0.280. The molecule has 4 rings (SSSR count). The Labute approximate surface area is 213 Å². The Morgan fingerprint density at radius 1 is 0.914 bits per heavy atom. The molecule has 0 fully saturated rings. The van der Waals surface area contributed by atoms with Gasteiger partial charge in [0.15, 0.2) is 0 Å². The number of hydrogen-bond donors (Lipinski definition) is 2. The van der Waals surface area contributed by atoms with Crippen LogP contribution in [0, 0.1) is 5.82 Å². The lowest BCUT2D eigenvalue weighted by atomic mass is 10.2. The first-order chi connectivity index (χ1) is 16.8. The third kappa shape index (κ3) is 6.27. The van der Waals surface area contributed by atoms with E-state index in [0.29, 0.717) is 32.8 Å². The number of nitrogens with zero attached hydrogens (tertiary/aromatic N) is 3. The van der Waals surface area contributed by atoms with Gasteiger partial charge in [0.25, 0.3) is 0 Å². The number of anilines is 2. The first-order valence-electron chi connectivity index (χ1n) is 9.95. The van der Waals surface area contributed by atoms with Gasteiger partial charge in [-0.05, 0) is 54.6 Å². The van der Waals surface area contributed by atoms with Crippen LogP contribution in [0.15, 0.2) is 66.9 Å². The predicted octanol–water partition coefficient (Wildman–Crippen LogP) is 6.37. The van der Waals surface area contributed by atoms with E-state index in [1.807, 2.05) is 0 Å². The van der Waals surface area contributed by atoms with E-state index in [2.05, 4.69) is 20.9 Å². The standard InChI is InChI=1S/C23H15Cl3FN5O3/c24-18-6-4-15(9-19(18)25)29-23(34)28-14-3-1-2-13(8-14)22(33)35-12-16-11-32(31-30-16)17-5-7-21(27)20(26)10-17/h1-11H,12H2,(H2,28,29,34). The van der Waals surface area contributed by atoms with Gasteiger partial charge in [-0.2, -0.15) is 0 Å². The Hall–Kier alpha value is -3.66. The molecule has 1 aromatic heterocycles. The maximum Gasteiger partial charge on any atom is 0.338 e. The molecule has 0 unspecified atom stereocenters. The van der Waals surface area contributed by atoms with E-state index in [-0.39, 0.29) is 17.2 Å². The molecule has 178 valence electrons. The summed E-state index contributed by atoms with van der Waals surface area (Å²) in [4.78, 5) is 24.8. The summed E-state index contributed by atoms with van der Waals surface area (Å²) in [6.45, 7) is -0.150. The third-order valence-electron chi connectivity index (χ3n) is 4.59. The number of urea groups is 1. The number of benzene rings is 3. The van der Waals surface area contributed by atoms with Gasteiger partial charge in [0, 0.05) is 11.4 Å². The molecule has 0 bridgehead atoms. The van der Waals surface area contributed by atoms with Gasteiger partial charge in [-0.25, -0.2) is 18.7 Å². The number of hydrogen-bond acceptors (Lipinski definition) is 5. The minimum absolute atomic E-state index is 0.0508. The highest BCUT2D eigenvalue weighted by Crippen LogP contribution is 2.25. The molecule has 0 aliphatic heterocycles. The molecular formula is C23H15Cl3FN5O3. The molecule has 0 spiro atoms. The lowest BCUT2D eigenvalue weighted by molar-refractivity contribution is 0.0467. The minimum Gasteiger partial charge on any atom is -0.455 e. The van der Waals surface area contributed by atoms with Crippen molar-refractivity contribution in [3.05, 3.63) is 99.0 Å². The van der Waals surface area contributed by atoms with Crippen LogP contribution in [0.4, 0.5) is 20.6 Å². The molecule has 1 heterocycles. The van der Waals surface area contributed by atoms with Crippen molar-refractivity contribution in [2.45, 2.75) is 6.61 Å². The molecule has 0 aliphatic carbocycles. The fourth-order valence-corrected chi connectivity index (χ4v) is 3.41. The van der Waals surface area contributed by atoms with Crippen LogP contribution in [-0.4, -0.2) is 27.0 Å². The fourth-order valence-electron chi connectivity index (χ4n) is 2.93. The van der Waals surface area contributed by atoms with Gasteiger partial charge in [0.2, 0.25) is 0 Å². The molecule has 3 aromatic carbocycles. The van der Waals surface area contributed by atoms with Gasteiger partial charge in [0.05, 0.1) is 32.5 Å². The lowest BCUT2D eigenvalue weighted by Gasteiger charge is -2.09. The Morgan fingerprint density at radius 2 is 1.69 bits per heavy atom. The van der Waals surface area contributed by atoms with Crippen molar-refractivity contribution in [1.29, 1.82) is 0 Å². The summed E-state index contributed by atoms with van der Waals surface area (Å²) in [7, 11) is 0. The highest BCUT2D eigenvalue weighted by atomic mass is 35.5. The Morgan fingerprint density at radius 3 is 2.43 bits per heavy atom. The number of ether oxygens (including phenoxy) is 1. The molecule has 8 nitrogen and oxygen atoms in total. The fraction of sp³-hybridized carbons (Fsp3) is 0.0435. The monoisotopic (exact) mass is 533 g/mol. The van der Waals surface area contributed by atoms with E-state index < -0.39 is 17.8 Å². The van der Waals surface area contributed by atoms with E-state index in [4.69, 9.17) is 39.5 Å². The highest BCUT2D eigenvalue weighted by molar-refractivity contribution is 6.42. The van der Waals surface area contributed by atoms with Crippen molar-refractivity contribution in [2.75, 3.05) is 10.6 Å².